The fraction of sp³-hybridized carbons (Fsp3) is 0.588. The van der Waals surface area contributed by atoms with Gasteiger partial charge >= 0.3 is 0 Å². The third kappa shape index (κ3) is 4.75. The first-order valence-corrected chi connectivity index (χ1v) is 8.29. The summed E-state index contributed by atoms with van der Waals surface area (Å²) < 4.78 is 10.6. The number of nitrogens with zero attached hydrogens (tertiary/aromatic N) is 2. The number of piperidine rings is 1. The number of likely N-dealkylation sites (N-methyl/N-ethyl adjacent to an activating group) is 1. The Labute approximate surface area is 143 Å². The van der Waals surface area contributed by atoms with Crippen molar-refractivity contribution in [1.82, 2.24) is 9.80 Å². The second kappa shape index (κ2) is 8.41. The number of carbonyl (C=O) groups excluding carboxylic acids is 1. The molecule has 0 spiro atoms. The normalized spacial score (nSPS) is 15.2. The molecule has 2 rings (SSSR count). The zero-order valence-corrected chi connectivity index (χ0v) is 14.9. The van der Waals surface area contributed by atoms with Gasteiger partial charge in [-0.1, -0.05) is 11.6 Å². The molecule has 1 heterocycles. The van der Waals surface area contributed by atoms with Crippen molar-refractivity contribution in [3.63, 3.8) is 0 Å². The Balaban J connectivity index is 1.95. The van der Waals surface area contributed by atoms with E-state index in [0.717, 1.165) is 43.8 Å². The van der Waals surface area contributed by atoms with E-state index >= 15 is 0 Å². The minimum absolute atomic E-state index is 0.273. The molecule has 0 atom stereocenters. The molecule has 0 aromatic heterocycles. The van der Waals surface area contributed by atoms with E-state index in [1.807, 2.05) is 18.0 Å². The number of halogens is 1. The van der Waals surface area contributed by atoms with Gasteiger partial charge in [0.05, 0.1) is 19.2 Å². The van der Waals surface area contributed by atoms with E-state index in [0.29, 0.717) is 23.7 Å². The standard InChI is InChI=1S/C17H25ClN2O3/c1-19(8-9-20-7-5-4-6-17(20)21)12-13-10-14(18)16(23-3)11-15(13)22-2/h10-11H,4-9,12H2,1-3H3. The van der Waals surface area contributed by atoms with Crippen LogP contribution >= 0.6 is 11.6 Å². The van der Waals surface area contributed by atoms with Crippen molar-refractivity contribution in [3.05, 3.63) is 22.7 Å². The summed E-state index contributed by atoms with van der Waals surface area (Å²) in [6.45, 7) is 3.17. The molecular weight excluding hydrogens is 316 g/mol. The second-order valence-corrected chi connectivity index (χ2v) is 6.28. The zero-order valence-electron chi connectivity index (χ0n) is 14.1. The highest BCUT2D eigenvalue weighted by Crippen LogP contribution is 2.33. The van der Waals surface area contributed by atoms with Crippen molar-refractivity contribution >= 4 is 17.5 Å². The van der Waals surface area contributed by atoms with Crippen LogP contribution in [0.15, 0.2) is 12.1 Å². The maximum Gasteiger partial charge on any atom is 0.222 e. The van der Waals surface area contributed by atoms with Crippen molar-refractivity contribution in [2.75, 3.05) is 40.9 Å². The number of rotatable bonds is 7. The maximum atomic E-state index is 11.8. The molecule has 128 valence electrons. The van der Waals surface area contributed by atoms with Gasteiger partial charge in [0.15, 0.2) is 0 Å². The topological polar surface area (TPSA) is 42.0 Å². The van der Waals surface area contributed by atoms with E-state index in [1.54, 1.807) is 20.3 Å². The summed E-state index contributed by atoms with van der Waals surface area (Å²) in [4.78, 5) is 16.0. The second-order valence-electron chi connectivity index (χ2n) is 5.87. The third-order valence-electron chi connectivity index (χ3n) is 4.17. The largest absolute Gasteiger partial charge is 0.496 e. The van der Waals surface area contributed by atoms with E-state index in [-0.39, 0.29) is 5.91 Å². The summed E-state index contributed by atoms with van der Waals surface area (Å²) in [6.07, 6.45) is 2.82. The molecule has 6 heteroatoms. The lowest BCUT2D eigenvalue weighted by molar-refractivity contribution is -0.133. The van der Waals surface area contributed by atoms with E-state index in [9.17, 15) is 4.79 Å². The van der Waals surface area contributed by atoms with Crippen LogP contribution in [-0.4, -0.2) is 56.6 Å². The van der Waals surface area contributed by atoms with Crippen LogP contribution in [0, 0.1) is 0 Å². The lowest BCUT2D eigenvalue weighted by Gasteiger charge is -2.29. The van der Waals surface area contributed by atoms with Gasteiger partial charge in [0, 0.05) is 44.2 Å². The van der Waals surface area contributed by atoms with Crippen LogP contribution in [0.1, 0.15) is 24.8 Å². The van der Waals surface area contributed by atoms with Gasteiger partial charge in [-0.25, -0.2) is 0 Å². The van der Waals surface area contributed by atoms with E-state index < -0.39 is 0 Å². The lowest BCUT2D eigenvalue weighted by atomic mass is 10.1. The molecule has 0 saturated carbocycles. The highest BCUT2D eigenvalue weighted by Gasteiger charge is 2.18. The Hall–Kier alpha value is -1.46. The number of amides is 1. The molecule has 1 amide bonds. The smallest absolute Gasteiger partial charge is 0.222 e. The fourth-order valence-electron chi connectivity index (χ4n) is 2.81. The van der Waals surface area contributed by atoms with Crippen molar-refractivity contribution < 1.29 is 14.3 Å². The van der Waals surface area contributed by atoms with Crippen LogP contribution in [0.25, 0.3) is 0 Å². The number of ether oxygens (including phenoxy) is 2. The number of hydrogen-bond acceptors (Lipinski definition) is 4. The van der Waals surface area contributed by atoms with Gasteiger partial charge in [-0.3, -0.25) is 4.79 Å². The monoisotopic (exact) mass is 340 g/mol. The van der Waals surface area contributed by atoms with Crippen LogP contribution in [-0.2, 0) is 11.3 Å². The van der Waals surface area contributed by atoms with Gasteiger partial charge in [-0.15, -0.1) is 0 Å². The predicted octanol–water partition coefficient (Wildman–Crippen LogP) is 2.80. The summed E-state index contributed by atoms with van der Waals surface area (Å²) in [6, 6.07) is 3.68. The summed E-state index contributed by atoms with van der Waals surface area (Å²) in [5.41, 5.74) is 1.01. The Kier molecular flexibility index (Phi) is 6.54. The highest BCUT2D eigenvalue weighted by molar-refractivity contribution is 6.32. The highest BCUT2D eigenvalue weighted by atomic mass is 35.5. The van der Waals surface area contributed by atoms with Gasteiger partial charge in [0.25, 0.3) is 0 Å². The SMILES string of the molecule is COc1cc(OC)c(CN(C)CCN2CCCCC2=O)cc1Cl. The van der Waals surface area contributed by atoms with Gasteiger partial charge in [0.2, 0.25) is 5.91 Å². The molecule has 1 aliphatic rings. The molecule has 0 bridgehead atoms. The summed E-state index contributed by atoms with van der Waals surface area (Å²) >= 11 is 6.21. The lowest BCUT2D eigenvalue weighted by Crippen LogP contribution is -2.40. The molecule has 1 saturated heterocycles. The zero-order chi connectivity index (χ0) is 16.8. The van der Waals surface area contributed by atoms with Gasteiger partial charge in [-0.05, 0) is 26.0 Å². The molecule has 0 N–H and O–H groups in total. The molecule has 1 aromatic carbocycles. The molecule has 0 unspecified atom stereocenters. The molecule has 1 aliphatic heterocycles. The first-order valence-electron chi connectivity index (χ1n) is 7.92. The fourth-order valence-corrected chi connectivity index (χ4v) is 3.07. The van der Waals surface area contributed by atoms with E-state index in [1.165, 1.54) is 0 Å². The van der Waals surface area contributed by atoms with Crippen LogP contribution in [0.2, 0.25) is 5.02 Å². The minimum atomic E-state index is 0.273. The Morgan fingerprint density at radius 1 is 1.22 bits per heavy atom. The average molecular weight is 341 g/mol. The number of carbonyl (C=O) groups is 1. The minimum Gasteiger partial charge on any atom is -0.496 e. The predicted molar refractivity (Wildman–Crippen MR) is 91.3 cm³/mol. The molecular formula is C17H25ClN2O3. The number of hydrogen-bond donors (Lipinski definition) is 0. The molecule has 5 nitrogen and oxygen atoms in total. The van der Waals surface area contributed by atoms with Crippen molar-refractivity contribution in [3.8, 4) is 11.5 Å². The molecule has 23 heavy (non-hydrogen) atoms. The third-order valence-corrected chi connectivity index (χ3v) is 4.46. The Morgan fingerprint density at radius 3 is 2.61 bits per heavy atom. The van der Waals surface area contributed by atoms with Crippen LogP contribution < -0.4 is 9.47 Å². The first kappa shape index (κ1) is 17.9. The van der Waals surface area contributed by atoms with Crippen molar-refractivity contribution in [2.24, 2.45) is 0 Å². The summed E-state index contributed by atoms with van der Waals surface area (Å²) in [7, 11) is 5.26. The van der Waals surface area contributed by atoms with E-state index in [4.69, 9.17) is 21.1 Å². The summed E-state index contributed by atoms with van der Waals surface area (Å²) in [5.74, 6) is 1.63. The molecule has 0 aliphatic carbocycles. The van der Waals surface area contributed by atoms with Crippen LogP contribution in [0.4, 0.5) is 0 Å². The van der Waals surface area contributed by atoms with Crippen molar-refractivity contribution in [2.45, 2.75) is 25.8 Å². The Bertz CT molecular complexity index is 551. The first-order chi connectivity index (χ1) is 11.0. The maximum absolute atomic E-state index is 11.8. The van der Waals surface area contributed by atoms with E-state index in [2.05, 4.69) is 4.90 Å². The van der Waals surface area contributed by atoms with Crippen molar-refractivity contribution in [1.29, 1.82) is 0 Å². The summed E-state index contributed by atoms with van der Waals surface area (Å²) in [5, 5.41) is 0.572. The van der Waals surface area contributed by atoms with Gasteiger partial charge < -0.3 is 19.3 Å². The quantitative estimate of drug-likeness (QED) is 0.765. The Morgan fingerprint density at radius 2 is 1.96 bits per heavy atom. The van der Waals surface area contributed by atoms with Crippen LogP contribution in [0.3, 0.4) is 0 Å². The van der Waals surface area contributed by atoms with Gasteiger partial charge in [-0.2, -0.15) is 0 Å². The van der Waals surface area contributed by atoms with Gasteiger partial charge in [0.1, 0.15) is 11.5 Å². The number of benzene rings is 1. The number of likely N-dealkylation sites (tertiary alicyclic amines) is 1. The number of methoxy groups -OCH3 is 2. The molecule has 1 aromatic rings. The molecule has 0 radical (unpaired) electrons. The van der Waals surface area contributed by atoms with Crippen LogP contribution in [0.5, 0.6) is 11.5 Å². The molecule has 1 fully saturated rings. The average Bonchev–Trinajstić information content (AvgIpc) is 2.54.